The Balaban J connectivity index is 1.77. The van der Waals surface area contributed by atoms with Gasteiger partial charge in [0.05, 0.1) is 0 Å². The Morgan fingerprint density at radius 2 is 2.20 bits per heavy atom. The molecule has 0 radical (unpaired) electrons. The van der Waals surface area contributed by atoms with E-state index in [2.05, 4.69) is 37.3 Å². The lowest BCUT2D eigenvalue weighted by Crippen LogP contribution is -2.35. The standard InChI is InChI=1S/C20H26/c1-2-3-6-16-7-4-9-19-18(16)8-5-12-20(19)14-15-10-11-17(20)13-15/h4,7,9-11,15,17H,2-3,5-6,8,12-14H2,1H3. The normalized spacial score (nSPS) is 33.9. The highest BCUT2D eigenvalue weighted by Gasteiger charge is 2.50. The number of benzene rings is 1. The van der Waals surface area contributed by atoms with Crippen LogP contribution >= 0.6 is 0 Å². The first-order valence-corrected chi connectivity index (χ1v) is 8.63. The number of rotatable bonds is 3. The quantitative estimate of drug-likeness (QED) is 0.660. The predicted octanol–water partition coefficient (Wildman–Crippen LogP) is 5.20. The number of unbranched alkanes of at least 4 members (excludes halogenated alkanes) is 1. The summed E-state index contributed by atoms with van der Waals surface area (Å²) in [6.45, 7) is 2.30. The average Bonchev–Trinajstić information content (AvgIpc) is 3.07. The summed E-state index contributed by atoms with van der Waals surface area (Å²) in [5, 5.41) is 0. The molecule has 3 unspecified atom stereocenters. The van der Waals surface area contributed by atoms with Gasteiger partial charge < -0.3 is 0 Å². The van der Waals surface area contributed by atoms with Gasteiger partial charge in [0.15, 0.2) is 0 Å². The number of allylic oxidation sites excluding steroid dienone is 2. The van der Waals surface area contributed by atoms with Crippen LogP contribution < -0.4 is 0 Å². The molecule has 3 atom stereocenters. The van der Waals surface area contributed by atoms with Gasteiger partial charge in [-0.15, -0.1) is 0 Å². The molecule has 0 N–H and O–H groups in total. The van der Waals surface area contributed by atoms with Crippen LogP contribution in [0.5, 0.6) is 0 Å². The van der Waals surface area contributed by atoms with Gasteiger partial charge in [0.2, 0.25) is 0 Å². The Bertz CT molecular complexity index is 539. The van der Waals surface area contributed by atoms with Crippen molar-refractivity contribution in [1.29, 1.82) is 0 Å². The fourth-order valence-corrected chi connectivity index (χ4v) is 5.27. The van der Waals surface area contributed by atoms with Crippen LogP contribution in [0.2, 0.25) is 0 Å². The maximum atomic E-state index is 2.54. The van der Waals surface area contributed by atoms with E-state index >= 15 is 0 Å². The van der Waals surface area contributed by atoms with E-state index in [0.29, 0.717) is 5.41 Å². The summed E-state index contributed by atoms with van der Waals surface area (Å²) < 4.78 is 0. The highest BCUT2D eigenvalue weighted by Crippen LogP contribution is 2.58. The second-order valence-electron chi connectivity index (χ2n) is 7.25. The summed E-state index contributed by atoms with van der Waals surface area (Å²) >= 11 is 0. The van der Waals surface area contributed by atoms with Crippen molar-refractivity contribution in [2.24, 2.45) is 11.8 Å². The molecule has 20 heavy (non-hydrogen) atoms. The van der Waals surface area contributed by atoms with Gasteiger partial charge in [0.1, 0.15) is 0 Å². The highest BCUT2D eigenvalue weighted by atomic mass is 14.5. The molecular weight excluding hydrogens is 240 g/mol. The van der Waals surface area contributed by atoms with Gasteiger partial charge in [-0.3, -0.25) is 0 Å². The zero-order valence-corrected chi connectivity index (χ0v) is 12.7. The molecule has 1 saturated carbocycles. The van der Waals surface area contributed by atoms with Crippen molar-refractivity contribution in [3.63, 3.8) is 0 Å². The lowest BCUT2D eigenvalue weighted by molar-refractivity contribution is 0.303. The molecule has 1 spiro atoms. The van der Waals surface area contributed by atoms with Gasteiger partial charge in [-0.1, -0.05) is 43.7 Å². The Labute approximate surface area is 123 Å². The second kappa shape index (κ2) is 4.76. The minimum Gasteiger partial charge on any atom is -0.0851 e. The fourth-order valence-electron chi connectivity index (χ4n) is 5.27. The van der Waals surface area contributed by atoms with Crippen molar-refractivity contribution < 1.29 is 0 Å². The van der Waals surface area contributed by atoms with Gasteiger partial charge in [0.25, 0.3) is 0 Å². The molecule has 1 aromatic carbocycles. The largest absolute Gasteiger partial charge is 0.0851 e. The minimum atomic E-state index is 0.523. The molecule has 0 saturated heterocycles. The van der Waals surface area contributed by atoms with E-state index in [1.165, 1.54) is 51.4 Å². The molecule has 0 aliphatic heterocycles. The van der Waals surface area contributed by atoms with Gasteiger partial charge >= 0.3 is 0 Å². The first-order chi connectivity index (χ1) is 9.83. The summed E-state index contributed by atoms with van der Waals surface area (Å²) in [5.74, 6) is 1.72. The van der Waals surface area contributed by atoms with E-state index in [9.17, 15) is 0 Å². The topological polar surface area (TPSA) is 0 Å². The molecule has 0 heterocycles. The summed E-state index contributed by atoms with van der Waals surface area (Å²) in [5.41, 5.74) is 5.67. The lowest BCUT2D eigenvalue weighted by atomic mass is 9.62. The van der Waals surface area contributed by atoms with Gasteiger partial charge in [-0.05, 0) is 73.5 Å². The maximum absolute atomic E-state index is 2.54. The molecular formula is C20H26. The number of aryl methyl sites for hydroxylation is 1. The fraction of sp³-hybridized carbons (Fsp3) is 0.600. The van der Waals surface area contributed by atoms with Gasteiger partial charge in [-0.25, -0.2) is 0 Å². The van der Waals surface area contributed by atoms with Crippen LogP contribution in [-0.2, 0) is 18.3 Å². The van der Waals surface area contributed by atoms with Crippen molar-refractivity contribution in [2.45, 2.75) is 63.7 Å². The van der Waals surface area contributed by atoms with E-state index in [-0.39, 0.29) is 0 Å². The second-order valence-corrected chi connectivity index (χ2v) is 7.25. The molecule has 0 heteroatoms. The number of hydrogen-bond acceptors (Lipinski definition) is 0. The molecule has 0 amide bonds. The molecule has 3 aliphatic carbocycles. The van der Waals surface area contributed by atoms with Crippen LogP contribution in [0.15, 0.2) is 30.4 Å². The molecule has 0 aromatic heterocycles. The maximum Gasteiger partial charge on any atom is 0.00244 e. The van der Waals surface area contributed by atoms with Crippen LogP contribution in [0, 0.1) is 11.8 Å². The molecule has 0 nitrogen and oxygen atoms in total. The SMILES string of the molecule is CCCCc1cccc2c1CCCC21CC2C=CC1C2. The van der Waals surface area contributed by atoms with Crippen LogP contribution in [0.3, 0.4) is 0 Å². The predicted molar refractivity (Wildman–Crippen MR) is 85.0 cm³/mol. The first kappa shape index (κ1) is 12.7. The van der Waals surface area contributed by atoms with Gasteiger partial charge in [0, 0.05) is 5.41 Å². The Morgan fingerprint density at radius 1 is 1.25 bits per heavy atom. The Morgan fingerprint density at radius 3 is 2.95 bits per heavy atom. The molecule has 4 rings (SSSR count). The molecule has 2 bridgehead atoms. The van der Waals surface area contributed by atoms with E-state index in [0.717, 1.165) is 11.8 Å². The average molecular weight is 266 g/mol. The van der Waals surface area contributed by atoms with Crippen molar-refractivity contribution in [3.05, 3.63) is 47.0 Å². The lowest BCUT2D eigenvalue weighted by Gasteiger charge is -2.42. The third-order valence-electron chi connectivity index (χ3n) is 6.17. The zero-order chi connectivity index (χ0) is 13.6. The number of hydrogen-bond donors (Lipinski definition) is 0. The highest BCUT2D eigenvalue weighted by molar-refractivity contribution is 5.45. The summed E-state index contributed by atoms with van der Waals surface area (Å²) in [4.78, 5) is 0. The minimum absolute atomic E-state index is 0.523. The van der Waals surface area contributed by atoms with Crippen LogP contribution in [0.1, 0.15) is 62.1 Å². The molecule has 106 valence electrons. The van der Waals surface area contributed by atoms with E-state index < -0.39 is 0 Å². The Hall–Kier alpha value is -1.04. The van der Waals surface area contributed by atoms with E-state index in [1.807, 2.05) is 0 Å². The first-order valence-electron chi connectivity index (χ1n) is 8.63. The zero-order valence-electron chi connectivity index (χ0n) is 12.7. The van der Waals surface area contributed by atoms with E-state index in [1.54, 1.807) is 16.7 Å². The molecule has 1 fully saturated rings. The van der Waals surface area contributed by atoms with Crippen molar-refractivity contribution >= 4 is 0 Å². The monoisotopic (exact) mass is 266 g/mol. The third kappa shape index (κ3) is 1.73. The summed E-state index contributed by atoms with van der Waals surface area (Å²) in [7, 11) is 0. The van der Waals surface area contributed by atoms with Crippen molar-refractivity contribution in [2.75, 3.05) is 0 Å². The molecule has 1 aromatic rings. The van der Waals surface area contributed by atoms with Crippen LogP contribution in [0.25, 0.3) is 0 Å². The Kier molecular flexibility index (Phi) is 3.02. The van der Waals surface area contributed by atoms with Crippen molar-refractivity contribution in [1.82, 2.24) is 0 Å². The summed E-state index contributed by atoms with van der Waals surface area (Å²) in [6, 6.07) is 7.21. The number of fused-ring (bicyclic) bond motifs is 5. The van der Waals surface area contributed by atoms with Crippen LogP contribution in [0.4, 0.5) is 0 Å². The summed E-state index contributed by atoms with van der Waals surface area (Å²) in [6.07, 6.45) is 16.0. The van der Waals surface area contributed by atoms with E-state index in [4.69, 9.17) is 0 Å². The smallest absolute Gasteiger partial charge is 0.00244 e. The third-order valence-corrected chi connectivity index (χ3v) is 6.17. The van der Waals surface area contributed by atoms with Crippen LogP contribution in [-0.4, -0.2) is 0 Å². The van der Waals surface area contributed by atoms with Gasteiger partial charge in [-0.2, -0.15) is 0 Å². The van der Waals surface area contributed by atoms with Crippen molar-refractivity contribution in [3.8, 4) is 0 Å². The molecule has 3 aliphatic rings.